The number of fused-ring (bicyclic) bond motifs is 1. The molecule has 0 fully saturated rings. The summed E-state index contributed by atoms with van der Waals surface area (Å²) in [4.78, 5) is 20.9. The fraction of sp³-hybridized carbons (Fsp3) is 0.222. The zero-order valence-corrected chi connectivity index (χ0v) is 14.0. The molecule has 0 aliphatic carbocycles. The molecule has 8 heteroatoms. The van der Waals surface area contributed by atoms with Crippen LogP contribution in [0.1, 0.15) is 17.0 Å². The van der Waals surface area contributed by atoms with Gasteiger partial charge in [0.1, 0.15) is 11.5 Å². The largest absolute Gasteiger partial charge is 0.460 e. The molecular formula is C18H17N5O3. The summed E-state index contributed by atoms with van der Waals surface area (Å²) < 4.78 is 5.92. The first-order valence-corrected chi connectivity index (χ1v) is 8.24. The predicted octanol–water partition coefficient (Wildman–Crippen LogP) is 2.79. The lowest BCUT2D eigenvalue weighted by Crippen LogP contribution is -2.30. The lowest BCUT2D eigenvalue weighted by Gasteiger charge is -2.26. The fourth-order valence-electron chi connectivity index (χ4n) is 3.11. The van der Waals surface area contributed by atoms with Gasteiger partial charge in [-0.15, -0.1) is 0 Å². The van der Waals surface area contributed by atoms with Crippen LogP contribution >= 0.6 is 0 Å². The Hall–Kier alpha value is -3.26. The Bertz CT molecular complexity index is 952. The Morgan fingerprint density at radius 2 is 2.04 bits per heavy atom. The minimum Gasteiger partial charge on any atom is -0.460 e. The maximum Gasteiger partial charge on any atom is 0.269 e. The van der Waals surface area contributed by atoms with E-state index in [0.717, 1.165) is 42.1 Å². The molecular weight excluding hydrogens is 334 g/mol. The number of nitrogens with zero attached hydrogens (tertiary/aromatic N) is 4. The number of furan rings is 1. The van der Waals surface area contributed by atoms with Crippen molar-refractivity contribution in [2.75, 3.05) is 12.3 Å². The third-order valence-corrected chi connectivity index (χ3v) is 4.44. The normalized spacial score (nSPS) is 14.2. The highest BCUT2D eigenvalue weighted by atomic mass is 16.6. The molecule has 0 spiro atoms. The first kappa shape index (κ1) is 16.2. The molecule has 1 aromatic carbocycles. The molecule has 4 rings (SSSR count). The summed E-state index contributed by atoms with van der Waals surface area (Å²) in [5.41, 5.74) is 8.62. The predicted molar refractivity (Wildman–Crippen MR) is 95.1 cm³/mol. The van der Waals surface area contributed by atoms with Gasteiger partial charge in [-0.3, -0.25) is 15.0 Å². The molecule has 0 amide bonds. The van der Waals surface area contributed by atoms with Crippen molar-refractivity contribution in [3.8, 4) is 11.3 Å². The van der Waals surface area contributed by atoms with Crippen molar-refractivity contribution in [1.29, 1.82) is 0 Å². The van der Waals surface area contributed by atoms with Gasteiger partial charge in [-0.2, -0.15) is 0 Å². The second kappa shape index (κ2) is 6.57. The van der Waals surface area contributed by atoms with E-state index in [4.69, 9.17) is 10.2 Å². The fourth-order valence-corrected chi connectivity index (χ4v) is 3.11. The van der Waals surface area contributed by atoms with Crippen LogP contribution in [0.2, 0.25) is 0 Å². The molecule has 0 saturated carbocycles. The summed E-state index contributed by atoms with van der Waals surface area (Å²) in [5.74, 6) is 1.86. The number of non-ortho nitro benzene ring substituents is 1. The Kier molecular flexibility index (Phi) is 4.10. The van der Waals surface area contributed by atoms with Crippen LogP contribution in [0.5, 0.6) is 0 Å². The summed E-state index contributed by atoms with van der Waals surface area (Å²) in [6.45, 7) is 2.30. The third-order valence-electron chi connectivity index (χ3n) is 4.44. The average molecular weight is 351 g/mol. The van der Waals surface area contributed by atoms with Gasteiger partial charge in [0.25, 0.3) is 5.69 Å². The lowest BCUT2D eigenvalue weighted by molar-refractivity contribution is -0.384. The van der Waals surface area contributed by atoms with Crippen LogP contribution in [0.15, 0.2) is 47.0 Å². The van der Waals surface area contributed by atoms with E-state index in [1.165, 1.54) is 12.1 Å². The van der Waals surface area contributed by atoms with E-state index in [0.29, 0.717) is 18.3 Å². The van der Waals surface area contributed by atoms with Gasteiger partial charge < -0.3 is 10.2 Å². The summed E-state index contributed by atoms with van der Waals surface area (Å²) in [6.07, 6.45) is 2.62. The van der Waals surface area contributed by atoms with Gasteiger partial charge in [0, 0.05) is 49.0 Å². The number of hydrogen-bond acceptors (Lipinski definition) is 7. The molecule has 1 aliphatic rings. The summed E-state index contributed by atoms with van der Waals surface area (Å²) in [6, 6.07) is 10.2. The smallest absolute Gasteiger partial charge is 0.269 e. The minimum absolute atomic E-state index is 0.0652. The van der Waals surface area contributed by atoms with Gasteiger partial charge in [0.2, 0.25) is 5.95 Å². The molecule has 0 radical (unpaired) electrons. The molecule has 0 bridgehead atoms. The highest BCUT2D eigenvalue weighted by molar-refractivity contribution is 5.59. The number of benzene rings is 1. The number of nitro groups is 1. The van der Waals surface area contributed by atoms with E-state index in [1.54, 1.807) is 18.3 Å². The topological polar surface area (TPSA) is 111 Å². The van der Waals surface area contributed by atoms with Crippen LogP contribution in [0, 0.1) is 10.1 Å². The maximum atomic E-state index is 10.7. The van der Waals surface area contributed by atoms with Crippen molar-refractivity contribution >= 4 is 11.6 Å². The number of rotatable bonds is 4. The van der Waals surface area contributed by atoms with Gasteiger partial charge >= 0.3 is 0 Å². The molecule has 2 N–H and O–H groups in total. The number of nitrogen functional groups attached to an aromatic ring is 1. The van der Waals surface area contributed by atoms with Crippen molar-refractivity contribution in [2.24, 2.45) is 0 Å². The third kappa shape index (κ3) is 3.27. The van der Waals surface area contributed by atoms with Crippen LogP contribution < -0.4 is 5.73 Å². The Morgan fingerprint density at radius 1 is 1.23 bits per heavy atom. The molecule has 8 nitrogen and oxygen atoms in total. The molecule has 1 aliphatic heterocycles. The molecule has 3 aromatic rings. The number of anilines is 1. The zero-order chi connectivity index (χ0) is 18.1. The SMILES string of the molecule is Nc1ncc2c(n1)CCN(Cc1ccc(-c3ccc([N+](=O)[O-])cc3)o1)C2. The number of hydrogen-bond donors (Lipinski definition) is 1. The van der Waals surface area contributed by atoms with E-state index in [9.17, 15) is 10.1 Å². The minimum atomic E-state index is -0.414. The second-order valence-corrected chi connectivity index (χ2v) is 6.23. The lowest BCUT2D eigenvalue weighted by atomic mass is 10.1. The summed E-state index contributed by atoms with van der Waals surface area (Å²) in [7, 11) is 0. The maximum absolute atomic E-state index is 10.7. The molecule has 3 heterocycles. The first-order valence-electron chi connectivity index (χ1n) is 8.24. The van der Waals surface area contributed by atoms with Gasteiger partial charge in [-0.25, -0.2) is 9.97 Å². The highest BCUT2D eigenvalue weighted by Gasteiger charge is 2.19. The van der Waals surface area contributed by atoms with Gasteiger partial charge in [0.05, 0.1) is 17.2 Å². The molecule has 26 heavy (non-hydrogen) atoms. The van der Waals surface area contributed by atoms with Gasteiger partial charge in [-0.1, -0.05) is 0 Å². The average Bonchev–Trinajstić information content (AvgIpc) is 3.10. The molecule has 0 saturated heterocycles. The van der Waals surface area contributed by atoms with Crippen LogP contribution in [0.25, 0.3) is 11.3 Å². The molecule has 0 unspecified atom stereocenters. The monoisotopic (exact) mass is 351 g/mol. The molecule has 132 valence electrons. The van der Waals surface area contributed by atoms with Crippen molar-refractivity contribution in [3.63, 3.8) is 0 Å². The van der Waals surface area contributed by atoms with Gasteiger partial charge in [0.15, 0.2) is 0 Å². The Balaban J connectivity index is 1.45. The number of nitro benzene ring substituents is 1. The molecule has 2 aromatic heterocycles. The summed E-state index contributed by atoms with van der Waals surface area (Å²) >= 11 is 0. The second-order valence-electron chi connectivity index (χ2n) is 6.23. The van der Waals surface area contributed by atoms with Crippen molar-refractivity contribution in [3.05, 3.63) is 69.7 Å². The van der Waals surface area contributed by atoms with Crippen molar-refractivity contribution in [2.45, 2.75) is 19.5 Å². The van der Waals surface area contributed by atoms with E-state index in [-0.39, 0.29) is 5.69 Å². The van der Waals surface area contributed by atoms with Crippen LogP contribution in [0.3, 0.4) is 0 Å². The Labute approximate surface area is 149 Å². The first-order chi connectivity index (χ1) is 12.6. The van der Waals surface area contributed by atoms with Crippen LogP contribution in [-0.2, 0) is 19.5 Å². The quantitative estimate of drug-likeness (QED) is 0.568. The van der Waals surface area contributed by atoms with E-state index < -0.39 is 4.92 Å². The number of nitrogens with two attached hydrogens (primary N) is 1. The van der Waals surface area contributed by atoms with E-state index in [2.05, 4.69) is 14.9 Å². The molecule has 0 atom stereocenters. The Morgan fingerprint density at radius 3 is 2.81 bits per heavy atom. The standard InChI is InChI=1S/C18H17N5O3/c19-18-20-9-13-10-22(8-7-16(13)21-18)11-15-5-6-17(26-15)12-1-3-14(4-2-12)23(24)25/h1-6,9H,7-8,10-11H2,(H2,19,20,21). The van der Waals surface area contributed by atoms with Crippen LogP contribution in [0.4, 0.5) is 11.6 Å². The summed E-state index contributed by atoms with van der Waals surface area (Å²) in [5, 5.41) is 10.7. The van der Waals surface area contributed by atoms with Crippen molar-refractivity contribution < 1.29 is 9.34 Å². The zero-order valence-electron chi connectivity index (χ0n) is 14.0. The highest BCUT2D eigenvalue weighted by Crippen LogP contribution is 2.26. The number of aromatic nitrogens is 2. The van der Waals surface area contributed by atoms with Crippen molar-refractivity contribution in [1.82, 2.24) is 14.9 Å². The van der Waals surface area contributed by atoms with E-state index >= 15 is 0 Å². The van der Waals surface area contributed by atoms with Crippen LogP contribution in [-0.4, -0.2) is 26.3 Å². The van der Waals surface area contributed by atoms with Gasteiger partial charge in [-0.05, 0) is 24.3 Å². The van der Waals surface area contributed by atoms with E-state index in [1.807, 2.05) is 12.1 Å².